The molecule has 5 nitrogen and oxygen atoms in total. The van der Waals surface area contributed by atoms with Crippen LogP contribution < -0.4 is 10.0 Å². The van der Waals surface area contributed by atoms with Crippen molar-refractivity contribution in [1.82, 2.24) is 10.0 Å². The van der Waals surface area contributed by atoms with E-state index in [0.29, 0.717) is 19.7 Å². The third-order valence-electron chi connectivity index (χ3n) is 1.40. The molecular formula is C7H18N2O3S. The number of hydrogen-bond acceptors (Lipinski definition) is 4. The SMILES string of the molecule is CCOCCS(=O)(=O)NCCNC. The quantitative estimate of drug-likeness (QED) is 0.513. The minimum Gasteiger partial charge on any atom is -0.381 e. The van der Waals surface area contributed by atoms with Gasteiger partial charge < -0.3 is 10.1 Å². The van der Waals surface area contributed by atoms with Gasteiger partial charge in [0.25, 0.3) is 0 Å². The van der Waals surface area contributed by atoms with E-state index in [-0.39, 0.29) is 12.4 Å². The van der Waals surface area contributed by atoms with Crippen molar-refractivity contribution in [3.05, 3.63) is 0 Å². The van der Waals surface area contributed by atoms with Crippen molar-refractivity contribution in [2.45, 2.75) is 6.92 Å². The summed E-state index contributed by atoms with van der Waals surface area (Å²) in [5, 5.41) is 2.85. The summed E-state index contributed by atoms with van der Waals surface area (Å²) in [6, 6.07) is 0. The summed E-state index contributed by atoms with van der Waals surface area (Å²) >= 11 is 0. The van der Waals surface area contributed by atoms with Crippen molar-refractivity contribution < 1.29 is 13.2 Å². The molecule has 6 heteroatoms. The van der Waals surface area contributed by atoms with E-state index in [0.717, 1.165) is 0 Å². The fourth-order valence-electron chi connectivity index (χ4n) is 0.717. The molecule has 0 heterocycles. The molecule has 0 aromatic rings. The van der Waals surface area contributed by atoms with Gasteiger partial charge in [-0.15, -0.1) is 0 Å². The van der Waals surface area contributed by atoms with Gasteiger partial charge in [0.2, 0.25) is 10.0 Å². The second-order valence-corrected chi connectivity index (χ2v) is 4.44. The van der Waals surface area contributed by atoms with Crippen LogP contribution in [0.5, 0.6) is 0 Å². The fraction of sp³-hybridized carbons (Fsp3) is 1.00. The molecule has 0 radical (unpaired) electrons. The summed E-state index contributed by atoms with van der Waals surface area (Å²) < 4.78 is 29.7. The molecule has 0 aliphatic carbocycles. The Labute approximate surface area is 79.9 Å². The Hall–Kier alpha value is -0.170. The summed E-state index contributed by atoms with van der Waals surface area (Å²) in [7, 11) is -1.37. The molecule has 80 valence electrons. The molecule has 0 aliphatic rings. The van der Waals surface area contributed by atoms with Gasteiger partial charge in [-0.2, -0.15) is 0 Å². The van der Waals surface area contributed by atoms with Crippen molar-refractivity contribution in [1.29, 1.82) is 0 Å². The van der Waals surface area contributed by atoms with E-state index in [1.807, 2.05) is 6.92 Å². The molecule has 0 saturated heterocycles. The van der Waals surface area contributed by atoms with E-state index in [1.54, 1.807) is 7.05 Å². The van der Waals surface area contributed by atoms with Crippen LogP contribution in [0, 0.1) is 0 Å². The van der Waals surface area contributed by atoms with Gasteiger partial charge in [0, 0.05) is 19.7 Å². The lowest BCUT2D eigenvalue weighted by molar-refractivity contribution is 0.163. The average Bonchev–Trinajstić information content (AvgIpc) is 2.05. The maximum atomic E-state index is 11.2. The number of hydrogen-bond donors (Lipinski definition) is 2. The zero-order valence-electron chi connectivity index (χ0n) is 8.17. The van der Waals surface area contributed by atoms with Crippen LogP contribution in [0.2, 0.25) is 0 Å². The van der Waals surface area contributed by atoms with Crippen LogP contribution in [0.25, 0.3) is 0 Å². The Morgan fingerprint density at radius 2 is 2.00 bits per heavy atom. The smallest absolute Gasteiger partial charge is 0.213 e. The van der Waals surface area contributed by atoms with Gasteiger partial charge in [-0.25, -0.2) is 13.1 Å². The molecule has 0 unspecified atom stereocenters. The zero-order valence-corrected chi connectivity index (χ0v) is 8.99. The lowest BCUT2D eigenvalue weighted by atomic mass is 10.7. The van der Waals surface area contributed by atoms with Gasteiger partial charge in [-0.3, -0.25) is 0 Å². The second-order valence-electron chi connectivity index (χ2n) is 2.51. The molecular weight excluding hydrogens is 192 g/mol. The Balaban J connectivity index is 3.55. The third kappa shape index (κ3) is 8.17. The largest absolute Gasteiger partial charge is 0.381 e. The van der Waals surface area contributed by atoms with Crippen LogP contribution in [0.4, 0.5) is 0 Å². The zero-order chi connectivity index (χ0) is 10.2. The number of ether oxygens (including phenoxy) is 1. The number of sulfonamides is 1. The van der Waals surface area contributed by atoms with Gasteiger partial charge in [0.1, 0.15) is 0 Å². The van der Waals surface area contributed by atoms with Gasteiger partial charge >= 0.3 is 0 Å². The van der Waals surface area contributed by atoms with E-state index < -0.39 is 10.0 Å². The van der Waals surface area contributed by atoms with Crippen molar-refractivity contribution in [2.24, 2.45) is 0 Å². The summed E-state index contributed by atoms with van der Waals surface area (Å²) in [6.07, 6.45) is 0. The minimum absolute atomic E-state index is 0.0323. The molecule has 0 aliphatic heterocycles. The van der Waals surface area contributed by atoms with Crippen molar-refractivity contribution in [3.8, 4) is 0 Å². The normalized spacial score (nSPS) is 11.8. The molecule has 0 bridgehead atoms. The molecule has 0 amide bonds. The second kappa shape index (κ2) is 7.25. The van der Waals surface area contributed by atoms with Crippen LogP contribution in [0.1, 0.15) is 6.92 Å². The van der Waals surface area contributed by atoms with E-state index >= 15 is 0 Å². The Morgan fingerprint density at radius 1 is 1.31 bits per heavy atom. The summed E-state index contributed by atoms with van der Waals surface area (Å²) in [6.45, 7) is 3.69. The maximum absolute atomic E-state index is 11.2. The predicted octanol–water partition coefficient (Wildman–Crippen LogP) is -0.838. The standard InChI is InChI=1S/C7H18N2O3S/c1-3-12-6-7-13(10,11)9-5-4-8-2/h8-9H,3-7H2,1-2H3. The molecule has 0 spiro atoms. The monoisotopic (exact) mass is 210 g/mol. The Kier molecular flexibility index (Phi) is 7.16. The number of likely N-dealkylation sites (N-methyl/N-ethyl adjacent to an activating group) is 1. The lowest BCUT2D eigenvalue weighted by Gasteiger charge is -2.05. The average molecular weight is 210 g/mol. The first kappa shape index (κ1) is 12.8. The van der Waals surface area contributed by atoms with E-state index in [9.17, 15) is 8.42 Å². The molecule has 0 aromatic carbocycles. The highest BCUT2D eigenvalue weighted by atomic mass is 32.2. The number of rotatable bonds is 8. The molecule has 0 saturated carbocycles. The van der Waals surface area contributed by atoms with Crippen molar-refractivity contribution >= 4 is 10.0 Å². The molecule has 0 fully saturated rings. The van der Waals surface area contributed by atoms with Crippen LogP contribution in [-0.4, -0.2) is 47.5 Å². The Morgan fingerprint density at radius 3 is 2.54 bits per heavy atom. The van der Waals surface area contributed by atoms with Gasteiger partial charge in [0.05, 0.1) is 12.4 Å². The minimum atomic E-state index is -3.14. The van der Waals surface area contributed by atoms with Crippen LogP contribution in [-0.2, 0) is 14.8 Å². The molecule has 0 aromatic heterocycles. The lowest BCUT2D eigenvalue weighted by Crippen LogP contribution is -2.33. The number of nitrogens with one attached hydrogen (secondary N) is 2. The third-order valence-corrected chi connectivity index (χ3v) is 2.75. The van der Waals surface area contributed by atoms with E-state index in [4.69, 9.17) is 4.74 Å². The molecule has 0 atom stereocenters. The summed E-state index contributed by atoms with van der Waals surface area (Å²) in [5.74, 6) is 0.0323. The van der Waals surface area contributed by atoms with E-state index in [2.05, 4.69) is 10.0 Å². The van der Waals surface area contributed by atoms with Crippen LogP contribution in [0.15, 0.2) is 0 Å². The first-order valence-electron chi connectivity index (χ1n) is 4.32. The predicted molar refractivity (Wildman–Crippen MR) is 52.2 cm³/mol. The summed E-state index contributed by atoms with van der Waals surface area (Å²) in [4.78, 5) is 0. The van der Waals surface area contributed by atoms with Crippen molar-refractivity contribution in [2.75, 3.05) is 39.1 Å². The van der Waals surface area contributed by atoms with Gasteiger partial charge in [0.15, 0.2) is 0 Å². The summed E-state index contributed by atoms with van der Waals surface area (Å²) in [5.41, 5.74) is 0. The Bertz CT molecular complexity index is 188. The van der Waals surface area contributed by atoms with E-state index in [1.165, 1.54) is 0 Å². The highest BCUT2D eigenvalue weighted by Crippen LogP contribution is 1.84. The van der Waals surface area contributed by atoms with Crippen LogP contribution >= 0.6 is 0 Å². The maximum Gasteiger partial charge on any atom is 0.213 e. The van der Waals surface area contributed by atoms with Crippen LogP contribution in [0.3, 0.4) is 0 Å². The first-order valence-corrected chi connectivity index (χ1v) is 5.97. The molecule has 0 rings (SSSR count). The highest BCUT2D eigenvalue weighted by molar-refractivity contribution is 7.89. The molecule has 2 N–H and O–H groups in total. The van der Waals surface area contributed by atoms with Gasteiger partial charge in [-0.05, 0) is 14.0 Å². The molecule has 13 heavy (non-hydrogen) atoms. The van der Waals surface area contributed by atoms with Gasteiger partial charge in [-0.1, -0.05) is 0 Å². The topological polar surface area (TPSA) is 67.4 Å². The fourth-order valence-corrected chi connectivity index (χ4v) is 1.61. The first-order chi connectivity index (χ1) is 6.12. The van der Waals surface area contributed by atoms with Crippen molar-refractivity contribution in [3.63, 3.8) is 0 Å². The highest BCUT2D eigenvalue weighted by Gasteiger charge is 2.07.